The number of ether oxygens (including phenoxy) is 1. The quantitative estimate of drug-likeness (QED) is 0.898. The van der Waals surface area contributed by atoms with Crippen molar-refractivity contribution in [2.75, 3.05) is 7.11 Å². The predicted molar refractivity (Wildman–Crippen MR) is 81.2 cm³/mol. The van der Waals surface area contributed by atoms with Crippen molar-refractivity contribution in [3.63, 3.8) is 0 Å². The summed E-state index contributed by atoms with van der Waals surface area (Å²) in [5, 5.41) is 19.4. The van der Waals surface area contributed by atoms with Gasteiger partial charge in [-0.15, -0.1) is 0 Å². The number of hydrogen-bond acceptors (Lipinski definition) is 5. The molecule has 2 aliphatic heterocycles. The van der Waals surface area contributed by atoms with Crippen LogP contribution in [-0.2, 0) is 15.4 Å². The Morgan fingerprint density at radius 2 is 1.95 bits per heavy atom. The van der Waals surface area contributed by atoms with Gasteiger partial charge in [-0.05, 0) is 43.9 Å². The highest BCUT2D eigenvalue weighted by Gasteiger charge is 2.51. The summed E-state index contributed by atoms with van der Waals surface area (Å²) in [5.74, 6) is 0.556. The molecular formula is C16H19NO4S. The largest absolute Gasteiger partial charge is 0.497 e. The molecule has 22 heavy (non-hydrogen) atoms. The van der Waals surface area contributed by atoms with Gasteiger partial charge in [-0.2, -0.15) is 5.26 Å². The summed E-state index contributed by atoms with van der Waals surface area (Å²) < 4.78 is 30.0. The Labute approximate surface area is 130 Å². The molecule has 2 fully saturated rings. The summed E-state index contributed by atoms with van der Waals surface area (Å²) in [7, 11) is -1.63. The molecule has 118 valence electrons. The first-order valence-corrected chi connectivity index (χ1v) is 9.05. The normalized spacial score (nSPS) is 33.0. The third-order valence-electron chi connectivity index (χ3n) is 4.96. The molecule has 0 radical (unpaired) electrons. The molecule has 0 aromatic heterocycles. The molecule has 0 amide bonds. The van der Waals surface area contributed by atoms with E-state index < -0.39 is 25.9 Å². The first-order chi connectivity index (χ1) is 10.4. The topological polar surface area (TPSA) is 87.4 Å². The molecule has 6 heteroatoms. The molecular weight excluding hydrogens is 302 g/mol. The summed E-state index contributed by atoms with van der Waals surface area (Å²) in [4.78, 5) is 0. The Balaban J connectivity index is 2.07. The van der Waals surface area contributed by atoms with E-state index in [1.165, 1.54) is 7.11 Å². The lowest BCUT2D eigenvalue weighted by atomic mass is 9.79. The van der Waals surface area contributed by atoms with Crippen molar-refractivity contribution in [3.05, 3.63) is 29.3 Å². The van der Waals surface area contributed by atoms with E-state index in [-0.39, 0.29) is 12.8 Å². The van der Waals surface area contributed by atoms with Gasteiger partial charge in [0.15, 0.2) is 9.84 Å². The van der Waals surface area contributed by atoms with Gasteiger partial charge in [0.05, 0.1) is 34.8 Å². The van der Waals surface area contributed by atoms with Crippen molar-refractivity contribution >= 4 is 9.84 Å². The molecule has 5 nitrogen and oxygen atoms in total. The molecule has 2 bridgehead atoms. The lowest BCUT2D eigenvalue weighted by Gasteiger charge is -2.44. The van der Waals surface area contributed by atoms with Gasteiger partial charge >= 0.3 is 0 Å². The average molecular weight is 321 g/mol. The summed E-state index contributed by atoms with van der Waals surface area (Å²) in [6, 6.07) is 7.04. The van der Waals surface area contributed by atoms with Crippen LogP contribution >= 0.6 is 0 Å². The fraction of sp³-hybridized carbons (Fsp3) is 0.562. The van der Waals surface area contributed by atoms with Crippen LogP contribution in [0.15, 0.2) is 18.2 Å². The fourth-order valence-electron chi connectivity index (χ4n) is 3.80. The maximum atomic E-state index is 12.4. The highest BCUT2D eigenvalue weighted by atomic mass is 32.2. The maximum Gasteiger partial charge on any atom is 0.156 e. The number of hydrogen-bond donors (Lipinski definition) is 1. The Hall–Kier alpha value is -1.58. The zero-order chi connectivity index (χ0) is 16.0. The van der Waals surface area contributed by atoms with E-state index in [0.717, 1.165) is 6.42 Å². The standard InChI is InChI=1S/C16H19NO4S/c1-21-12-6-5-11(10-17)15(7-12)16(18)8-13-3-2-4-14(9-16)22(13,19)20/h5-7,13-14,18H,2-4,8-9H2,1H3. The Morgan fingerprint density at radius 3 is 2.50 bits per heavy atom. The molecule has 0 saturated carbocycles. The zero-order valence-electron chi connectivity index (χ0n) is 12.4. The first-order valence-electron chi connectivity index (χ1n) is 7.44. The van der Waals surface area contributed by atoms with E-state index in [0.29, 0.717) is 29.7 Å². The summed E-state index contributed by atoms with van der Waals surface area (Å²) in [6.45, 7) is 0. The highest BCUT2D eigenvalue weighted by Crippen LogP contribution is 2.47. The van der Waals surface area contributed by atoms with Gasteiger partial charge in [-0.25, -0.2) is 8.42 Å². The van der Waals surface area contributed by atoms with E-state index >= 15 is 0 Å². The van der Waals surface area contributed by atoms with E-state index in [1.54, 1.807) is 18.2 Å². The van der Waals surface area contributed by atoms with Crippen molar-refractivity contribution in [2.45, 2.75) is 48.2 Å². The van der Waals surface area contributed by atoms with Crippen LogP contribution in [0, 0.1) is 11.3 Å². The molecule has 0 aliphatic carbocycles. The smallest absolute Gasteiger partial charge is 0.156 e. The fourth-order valence-corrected chi connectivity index (χ4v) is 6.35. The minimum Gasteiger partial charge on any atom is -0.497 e. The Kier molecular flexibility index (Phi) is 3.66. The van der Waals surface area contributed by atoms with Crippen LogP contribution in [0.5, 0.6) is 5.75 Å². The van der Waals surface area contributed by atoms with E-state index in [2.05, 4.69) is 6.07 Å². The number of nitrogens with zero attached hydrogens (tertiary/aromatic N) is 1. The Morgan fingerprint density at radius 1 is 1.32 bits per heavy atom. The van der Waals surface area contributed by atoms with Crippen LogP contribution in [0.1, 0.15) is 43.2 Å². The summed E-state index contributed by atoms with van der Waals surface area (Å²) in [5.41, 5.74) is -0.414. The number of fused-ring (bicyclic) bond motifs is 2. The number of aliphatic hydroxyl groups is 1. The minimum atomic E-state index is -3.15. The van der Waals surface area contributed by atoms with Crippen LogP contribution in [-0.4, -0.2) is 31.1 Å². The van der Waals surface area contributed by atoms with Gasteiger partial charge in [0, 0.05) is 5.56 Å². The third kappa shape index (κ3) is 2.29. The van der Waals surface area contributed by atoms with Crippen LogP contribution < -0.4 is 4.74 Å². The summed E-state index contributed by atoms with van der Waals surface area (Å²) >= 11 is 0. The van der Waals surface area contributed by atoms with Gasteiger partial charge in [0.1, 0.15) is 5.75 Å². The second-order valence-corrected chi connectivity index (χ2v) is 8.74. The highest BCUT2D eigenvalue weighted by molar-refractivity contribution is 7.92. The van der Waals surface area contributed by atoms with E-state index in [9.17, 15) is 18.8 Å². The van der Waals surface area contributed by atoms with Crippen molar-refractivity contribution in [3.8, 4) is 11.8 Å². The summed E-state index contributed by atoms with van der Waals surface area (Å²) in [6.07, 6.45) is 2.38. The molecule has 2 aliphatic rings. The molecule has 2 saturated heterocycles. The monoisotopic (exact) mass is 321 g/mol. The lowest BCUT2D eigenvalue weighted by Crippen LogP contribution is -2.50. The third-order valence-corrected chi connectivity index (χ3v) is 7.62. The average Bonchev–Trinajstić information content (AvgIpc) is 2.48. The number of methoxy groups -OCH3 is 1. The maximum absolute atomic E-state index is 12.4. The van der Waals surface area contributed by atoms with Gasteiger partial charge in [-0.1, -0.05) is 6.42 Å². The predicted octanol–water partition coefficient (Wildman–Crippen LogP) is 1.88. The van der Waals surface area contributed by atoms with Crippen molar-refractivity contribution in [2.24, 2.45) is 0 Å². The molecule has 1 N–H and O–H groups in total. The van der Waals surface area contributed by atoms with Gasteiger partial charge < -0.3 is 9.84 Å². The second-order valence-electron chi connectivity index (χ2n) is 6.23. The van der Waals surface area contributed by atoms with Crippen LogP contribution in [0.25, 0.3) is 0 Å². The van der Waals surface area contributed by atoms with Crippen molar-refractivity contribution < 1.29 is 18.3 Å². The minimum absolute atomic E-state index is 0.160. The Bertz CT molecular complexity index is 715. The molecule has 2 atom stereocenters. The number of nitriles is 1. The van der Waals surface area contributed by atoms with Gasteiger partial charge in [0.25, 0.3) is 0 Å². The molecule has 3 rings (SSSR count). The van der Waals surface area contributed by atoms with Gasteiger partial charge in [-0.3, -0.25) is 0 Å². The van der Waals surface area contributed by atoms with Crippen LogP contribution in [0.2, 0.25) is 0 Å². The molecule has 2 heterocycles. The molecule has 1 aromatic rings. The number of sulfone groups is 1. The van der Waals surface area contributed by atoms with Gasteiger partial charge in [0.2, 0.25) is 0 Å². The SMILES string of the molecule is COc1ccc(C#N)c(C2(O)CC3CCCC(C2)S3(=O)=O)c1. The molecule has 2 unspecified atom stereocenters. The lowest BCUT2D eigenvalue weighted by molar-refractivity contribution is 0.00460. The van der Waals surface area contributed by atoms with Crippen LogP contribution in [0.4, 0.5) is 0 Å². The van der Waals surface area contributed by atoms with Crippen LogP contribution in [0.3, 0.4) is 0 Å². The zero-order valence-corrected chi connectivity index (χ0v) is 13.3. The van der Waals surface area contributed by atoms with Crippen molar-refractivity contribution in [1.82, 2.24) is 0 Å². The number of benzene rings is 1. The first kappa shape index (κ1) is 15.3. The number of rotatable bonds is 2. The van der Waals surface area contributed by atoms with E-state index in [4.69, 9.17) is 4.74 Å². The second kappa shape index (κ2) is 5.25. The molecule has 0 spiro atoms. The molecule has 1 aromatic carbocycles. The van der Waals surface area contributed by atoms with Crippen molar-refractivity contribution in [1.29, 1.82) is 5.26 Å². The van der Waals surface area contributed by atoms with E-state index in [1.807, 2.05) is 0 Å².